The topological polar surface area (TPSA) is 104 Å². The van der Waals surface area contributed by atoms with Crippen LogP contribution < -0.4 is 10.7 Å². The second kappa shape index (κ2) is 11.4. The van der Waals surface area contributed by atoms with Crippen molar-refractivity contribution in [1.82, 2.24) is 20.8 Å². The molecule has 9 nitrogen and oxygen atoms in total. The number of hydrogen-bond acceptors (Lipinski definition) is 7. The van der Waals surface area contributed by atoms with Gasteiger partial charge in [0.05, 0.1) is 5.56 Å². The van der Waals surface area contributed by atoms with Crippen LogP contribution in [0.4, 0.5) is 4.39 Å². The highest BCUT2D eigenvalue weighted by Gasteiger charge is 2.28. The second-order valence-corrected chi connectivity index (χ2v) is 9.70. The molecule has 0 radical (unpaired) electrons. The number of carbonyl (C=O) groups excluding carboxylic acids is 3. The summed E-state index contributed by atoms with van der Waals surface area (Å²) in [4.78, 5) is 43.8. The fourth-order valence-corrected chi connectivity index (χ4v) is 4.63. The van der Waals surface area contributed by atoms with Crippen molar-refractivity contribution in [2.75, 3.05) is 14.1 Å². The van der Waals surface area contributed by atoms with E-state index in [1.807, 2.05) is 25.1 Å². The predicted molar refractivity (Wildman–Crippen MR) is 152 cm³/mol. The molecular weight excluding hydrogens is 527 g/mol. The van der Waals surface area contributed by atoms with Crippen molar-refractivity contribution in [2.24, 2.45) is 0 Å². The monoisotopic (exact) mass is 556 g/mol. The highest BCUT2D eigenvalue weighted by Crippen LogP contribution is 2.36. The summed E-state index contributed by atoms with van der Waals surface area (Å²) in [6, 6.07) is 17.4. The minimum atomic E-state index is -0.767. The number of nitrogens with zero attached hydrogens (tertiary/aromatic N) is 2. The second-order valence-electron chi connectivity index (χ2n) is 9.70. The van der Waals surface area contributed by atoms with E-state index in [2.05, 4.69) is 10.7 Å². The number of nitrogens with one attached hydrogen (secondary N) is 2. The molecule has 1 aromatic heterocycles. The Bertz CT molecular complexity index is 1660. The van der Waals surface area contributed by atoms with Gasteiger partial charge in [0, 0.05) is 36.3 Å². The number of hydrazine groups is 1. The number of rotatable bonds is 8. The van der Waals surface area contributed by atoms with Crippen molar-refractivity contribution in [3.05, 3.63) is 95.4 Å². The molecule has 5 rings (SSSR count). The van der Waals surface area contributed by atoms with Gasteiger partial charge in [-0.15, -0.1) is 0 Å². The van der Waals surface area contributed by atoms with Gasteiger partial charge in [-0.05, 0) is 79.6 Å². The molecular formula is C31H29FN4O5. The highest BCUT2D eigenvalue weighted by atomic mass is 19.1. The van der Waals surface area contributed by atoms with Crippen LogP contribution >= 0.6 is 0 Å². The van der Waals surface area contributed by atoms with Crippen LogP contribution in [-0.2, 0) is 9.63 Å². The molecule has 2 heterocycles. The van der Waals surface area contributed by atoms with Gasteiger partial charge in [0.1, 0.15) is 29.5 Å². The van der Waals surface area contributed by atoms with Crippen molar-refractivity contribution in [2.45, 2.75) is 26.1 Å². The number of fused-ring (bicyclic) bond motifs is 1. The lowest BCUT2D eigenvalue weighted by molar-refractivity contribution is -0.146. The Kier molecular flexibility index (Phi) is 7.69. The molecule has 210 valence electrons. The van der Waals surface area contributed by atoms with Crippen molar-refractivity contribution < 1.29 is 28.0 Å². The molecule has 41 heavy (non-hydrogen) atoms. The number of hydrogen-bond donors (Lipinski definition) is 2. The van der Waals surface area contributed by atoms with Crippen LogP contribution in [0.15, 0.2) is 82.9 Å². The lowest BCUT2D eigenvalue weighted by Gasteiger charge is -2.29. The minimum absolute atomic E-state index is 0.322. The Morgan fingerprint density at radius 1 is 1.05 bits per heavy atom. The number of aldehydes is 1. The van der Waals surface area contributed by atoms with Crippen molar-refractivity contribution >= 4 is 29.1 Å². The van der Waals surface area contributed by atoms with Gasteiger partial charge in [-0.1, -0.05) is 18.2 Å². The molecule has 0 saturated heterocycles. The lowest BCUT2D eigenvalue weighted by atomic mass is 9.98. The van der Waals surface area contributed by atoms with Crippen LogP contribution in [0.5, 0.6) is 0 Å². The summed E-state index contributed by atoms with van der Waals surface area (Å²) in [7, 11) is 3.28. The summed E-state index contributed by atoms with van der Waals surface area (Å²) >= 11 is 0. The molecule has 1 aliphatic heterocycles. The predicted octanol–water partition coefficient (Wildman–Crippen LogP) is 4.91. The normalized spacial score (nSPS) is 15.5. The smallest absolute Gasteiger partial charge is 0.268 e. The summed E-state index contributed by atoms with van der Waals surface area (Å²) < 4.78 is 19.6. The third-order valence-corrected chi connectivity index (χ3v) is 6.94. The van der Waals surface area contributed by atoms with E-state index >= 15 is 0 Å². The number of amides is 2. The summed E-state index contributed by atoms with van der Waals surface area (Å²) in [5, 5.41) is 6.05. The number of halogens is 1. The minimum Gasteiger partial charge on any atom is -0.455 e. The summed E-state index contributed by atoms with van der Waals surface area (Å²) in [5.74, 6) is -0.828. The molecule has 0 spiro atoms. The van der Waals surface area contributed by atoms with Crippen LogP contribution in [0, 0.1) is 5.82 Å². The fraction of sp³-hybridized carbons (Fsp3) is 0.194. The van der Waals surface area contributed by atoms with E-state index in [0.717, 1.165) is 16.8 Å². The van der Waals surface area contributed by atoms with Gasteiger partial charge in [0.25, 0.3) is 11.8 Å². The Balaban J connectivity index is 1.51. The molecule has 0 bridgehead atoms. The van der Waals surface area contributed by atoms with Crippen LogP contribution in [-0.4, -0.2) is 54.5 Å². The zero-order valence-electron chi connectivity index (χ0n) is 23.0. The van der Waals surface area contributed by atoms with Crippen molar-refractivity contribution in [3.63, 3.8) is 0 Å². The first-order valence-corrected chi connectivity index (χ1v) is 13.0. The Morgan fingerprint density at radius 2 is 1.76 bits per heavy atom. The SMILES string of the molecule is CNC(=O)c1c(-c2ccc(F)cc2)oc2ccc(-c3cccc(C(=O)N(NC4C=C(C)N(C)O4)C(C)C=O)c3)cc12. The Hall–Kier alpha value is -4.80. The zero-order valence-corrected chi connectivity index (χ0v) is 23.0. The van der Waals surface area contributed by atoms with Crippen LogP contribution in [0.3, 0.4) is 0 Å². The molecule has 0 fully saturated rings. The van der Waals surface area contributed by atoms with E-state index in [4.69, 9.17) is 9.25 Å². The van der Waals surface area contributed by atoms with Gasteiger partial charge in [-0.2, -0.15) is 5.43 Å². The maximum atomic E-state index is 13.6. The molecule has 10 heteroatoms. The molecule has 2 atom stereocenters. The largest absolute Gasteiger partial charge is 0.455 e. The van der Waals surface area contributed by atoms with E-state index in [9.17, 15) is 18.8 Å². The summed E-state index contributed by atoms with van der Waals surface area (Å²) in [6.07, 6.45) is 1.87. The number of hydroxylamine groups is 2. The summed E-state index contributed by atoms with van der Waals surface area (Å²) in [5.41, 5.74) is 7.04. The fourth-order valence-electron chi connectivity index (χ4n) is 4.63. The Morgan fingerprint density at radius 3 is 2.41 bits per heavy atom. The number of allylic oxidation sites excluding steroid dienone is 1. The van der Waals surface area contributed by atoms with E-state index in [0.29, 0.717) is 39.7 Å². The third-order valence-electron chi connectivity index (χ3n) is 6.94. The first-order chi connectivity index (χ1) is 19.7. The van der Waals surface area contributed by atoms with Gasteiger partial charge in [-0.3, -0.25) is 19.7 Å². The van der Waals surface area contributed by atoms with Gasteiger partial charge in [-0.25, -0.2) is 9.23 Å². The van der Waals surface area contributed by atoms with E-state index in [-0.39, 0.29) is 5.91 Å². The molecule has 2 N–H and O–H groups in total. The number of carbonyl (C=O) groups is 3. The third kappa shape index (κ3) is 5.47. The van der Waals surface area contributed by atoms with Crippen molar-refractivity contribution in [3.8, 4) is 22.5 Å². The van der Waals surface area contributed by atoms with E-state index in [1.54, 1.807) is 61.5 Å². The summed E-state index contributed by atoms with van der Waals surface area (Å²) in [6.45, 7) is 3.48. The average molecular weight is 557 g/mol. The van der Waals surface area contributed by atoms with Crippen LogP contribution in [0.1, 0.15) is 34.6 Å². The van der Waals surface area contributed by atoms with E-state index in [1.165, 1.54) is 24.2 Å². The lowest BCUT2D eigenvalue weighted by Crippen LogP contribution is -2.53. The van der Waals surface area contributed by atoms with Crippen LogP contribution in [0.25, 0.3) is 33.4 Å². The molecule has 0 aliphatic carbocycles. The van der Waals surface area contributed by atoms with Gasteiger partial charge < -0.3 is 14.5 Å². The van der Waals surface area contributed by atoms with E-state index < -0.39 is 24.0 Å². The van der Waals surface area contributed by atoms with Gasteiger partial charge in [0.15, 0.2) is 6.23 Å². The highest BCUT2D eigenvalue weighted by molar-refractivity contribution is 6.12. The van der Waals surface area contributed by atoms with Gasteiger partial charge >= 0.3 is 0 Å². The molecule has 3 aromatic carbocycles. The average Bonchev–Trinajstić information content (AvgIpc) is 3.53. The number of furan rings is 1. The maximum Gasteiger partial charge on any atom is 0.268 e. The molecule has 2 unspecified atom stereocenters. The zero-order chi connectivity index (χ0) is 29.3. The molecule has 2 amide bonds. The number of benzene rings is 3. The standard InChI is InChI=1S/C31H29FN4O5/c1-18-14-27(41-35(18)4)34-36(19(2)17-37)31(39)23-7-5-6-21(15-23)22-10-13-26-25(16-22)28(30(38)33-3)29(40-26)20-8-11-24(32)12-9-20/h5-17,19,27,34H,1-4H3,(H,33,38). The molecule has 1 aliphatic rings. The van der Waals surface area contributed by atoms with Crippen molar-refractivity contribution in [1.29, 1.82) is 0 Å². The van der Waals surface area contributed by atoms with Crippen LogP contribution in [0.2, 0.25) is 0 Å². The molecule has 0 saturated carbocycles. The first kappa shape index (κ1) is 27.8. The molecule has 4 aromatic rings. The van der Waals surface area contributed by atoms with Gasteiger partial charge in [0.2, 0.25) is 0 Å². The Labute approximate surface area is 236 Å². The quantitative estimate of drug-likeness (QED) is 0.235. The first-order valence-electron chi connectivity index (χ1n) is 13.0. The maximum absolute atomic E-state index is 13.6.